The monoisotopic (exact) mass is 447 g/mol. The van der Waals surface area contributed by atoms with Gasteiger partial charge in [0.1, 0.15) is 10.5 Å². The Morgan fingerprint density at radius 3 is 2.68 bits per heavy atom. The van der Waals surface area contributed by atoms with Gasteiger partial charge < -0.3 is 14.8 Å². The number of benzene rings is 1. The molecule has 1 atom stereocenters. The Bertz CT molecular complexity index is 1070. The zero-order chi connectivity index (χ0) is 22.3. The number of carbonyl (C=O) groups excluding carboxylic acids is 1. The van der Waals surface area contributed by atoms with Crippen LogP contribution < -0.4 is 5.32 Å². The van der Waals surface area contributed by atoms with Crippen LogP contribution in [0, 0.1) is 0 Å². The van der Waals surface area contributed by atoms with Crippen LogP contribution in [0.1, 0.15) is 40.0 Å². The number of nitrogens with zero attached hydrogens (tertiary/aromatic N) is 2. The van der Waals surface area contributed by atoms with Crippen molar-refractivity contribution < 1.29 is 22.7 Å². The summed E-state index contributed by atoms with van der Waals surface area (Å²) in [6.07, 6.45) is 2.79. The normalized spacial score (nSPS) is 22.0. The number of carbonyl (C=O) groups is 1. The smallest absolute Gasteiger partial charge is 0.407 e. The Morgan fingerprint density at radius 2 is 1.97 bits per heavy atom. The van der Waals surface area contributed by atoms with Crippen LogP contribution in [0.25, 0.3) is 10.9 Å². The third-order valence-electron chi connectivity index (χ3n) is 5.77. The number of rotatable bonds is 3. The van der Waals surface area contributed by atoms with Crippen molar-refractivity contribution in [3.05, 3.63) is 36.5 Å². The van der Waals surface area contributed by atoms with E-state index < -0.39 is 27.3 Å². The fourth-order valence-electron chi connectivity index (χ4n) is 4.23. The van der Waals surface area contributed by atoms with E-state index in [-0.39, 0.29) is 10.9 Å². The van der Waals surface area contributed by atoms with Gasteiger partial charge in [-0.15, -0.1) is 0 Å². The van der Waals surface area contributed by atoms with E-state index in [1.165, 1.54) is 10.5 Å². The van der Waals surface area contributed by atoms with Crippen LogP contribution in [0.5, 0.6) is 0 Å². The molecule has 0 aliphatic carbocycles. The predicted molar refractivity (Wildman–Crippen MR) is 116 cm³/mol. The summed E-state index contributed by atoms with van der Waals surface area (Å²) < 4.78 is 39.2. The van der Waals surface area contributed by atoms with E-state index in [4.69, 9.17) is 9.47 Å². The van der Waals surface area contributed by atoms with Crippen LogP contribution >= 0.6 is 0 Å². The van der Waals surface area contributed by atoms with Crippen LogP contribution in [0.3, 0.4) is 0 Å². The summed E-state index contributed by atoms with van der Waals surface area (Å²) in [6.45, 7) is 6.60. The van der Waals surface area contributed by atoms with E-state index in [9.17, 15) is 13.2 Å². The molecule has 1 amide bonds. The lowest BCUT2D eigenvalue weighted by Gasteiger charge is -2.37. The maximum absolute atomic E-state index is 13.1. The number of fused-ring (bicyclic) bond motifs is 1. The fraction of sp³-hybridized carbons (Fsp3) is 0.545. The van der Waals surface area contributed by atoms with Gasteiger partial charge >= 0.3 is 6.09 Å². The van der Waals surface area contributed by atoms with E-state index in [1.54, 1.807) is 6.07 Å². The molecule has 1 spiro atoms. The molecule has 9 heteroatoms. The van der Waals surface area contributed by atoms with Crippen molar-refractivity contribution >= 4 is 27.0 Å². The highest BCUT2D eigenvalue weighted by molar-refractivity contribution is 7.89. The highest BCUT2D eigenvalue weighted by Gasteiger charge is 2.45. The third-order valence-corrected chi connectivity index (χ3v) is 7.63. The van der Waals surface area contributed by atoms with E-state index in [1.807, 2.05) is 45.0 Å². The lowest BCUT2D eigenvalue weighted by Crippen LogP contribution is -2.47. The zero-order valence-corrected chi connectivity index (χ0v) is 18.9. The summed E-state index contributed by atoms with van der Waals surface area (Å²) in [5, 5.41) is 3.66. The summed E-state index contributed by atoms with van der Waals surface area (Å²) in [5.41, 5.74) is -0.201. The molecule has 168 valence electrons. The second-order valence-corrected chi connectivity index (χ2v) is 11.2. The molecule has 1 N–H and O–H groups in total. The minimum atomic E-state index is -3.63. The van der Waals surface area contributed by atoms with Crippen molar-refractivity contribution in [1.82, 2.24) is 14.6 Å². The Labute approximate surface area is 183 Å². The number of alkyl carbamates (subject to hydrolysis) is 1. The van der Waals surface area contributed by atoms with Gasteiger partial charge in [-0.1, -0.05) is 18.2 Å². The molecule has 0 bridgehead atoms. The number of hydrogen-bond acceptors (Lipinski definition) is 6. The Balaban J connectivity index is 1.38. The zero-order valence-electron chi connectivity index (χ0n) is 18.1. The minimum Gasteiger partial charge on any atom is -0.444 e. The molecule has 2 fully saturated rings. The molecule has 0 saturated carbocycles. The number of pyridine rings is 1. The highest BCUT2D eigenvalue weighted by atomic mass is 32.2. The van der Waals surface area contributed by atoms with E-state index in [0.29, 0.717) is 39.0 Å². The average molecular weight is 448 g/mol. The van der Waals surface area contributed by atoms with Gasteiger partial charge in [0.15, 0.2) is 0 Å². The summed E-state index contributed by atoms with van der Waals surface area (Å²) in [6, 6.07) is 8.99. The van der Waals surface area contributed by atoms with Gasteiger partial charge in [-0.2, -0.15) is 4.31 Å². The number of sulfonamides is 1. The van der Waals surface area contributed by atoms with Crippen molar-refractivity contribution in [1.29, 1.82) is 0 Å². The van der Waals surface area contributed by atoms with Crippen molar-refractivity contribution in [3.63, 3.8) is 0 Å². The first-order valence-corrected chi connectivity index (χ1v) is 12.0. The Hall–Kier alpha value is -2.23. The molecule has 2 saturated heterocycles. The lowest BCUT2D eigenvalue weighted by molar-refractivity contribution is -0.0312. The Kier molecular flexibility index (Phi) is 5.70. The second kappa shape index (κ2) is 8.03. The van der Waals surface area contributed by atoms with Crippen LogP contribution in [-0.4, -0.2) is 60.7 Å². The molecule has 0 unspecified atom stereocenters. The van der Waals surface area contributed by atoms with Gasteiger partial charge in [-0.25, -0.2) is 13.2 Å². The van der Waals surface area contributed by atoms with Gasteiger partial charge in [0.2, 0.25) is 10.0 Å². The van der Waals surface area contributed by atoms with Crippen molar-refractivity contribution in [2.45, 2.75) is 62.2 Å². The molecule has 2 aromatic rings. The summed E-state index contributed by atoms with van der Waals surface area (Å²) >= 11 is 0. The summed E-state index contributed by atoms with van der Waals surface area (Å²) in [7, 11) is -3.63. The summed E-state index contributed by atoms with van der Waals surface area (Å²) in [5.74, 6) is 0. The van der Waals surface area contributed by atoms with E-state index in [0.717, 1.165) is 10.9 Å². The first-order valence-electron chi connectivity index (χ1n) is 10.5. The topological polar surface area (TPSA) is 97.8 Å². The number of ether oxygens (including phenoxy) is 2. The molecule has 3 heterocycles. The maximum Gasteiger partial charge on any atom is 0.407 e. The number of para-hydroxylation sites is 1. The van der Waals surface area contributed by atoms with Crippen molar-refractivity contribution in [3.8, 4) is 0 Å². The number of hydrogen-bond donors (Lipinski definition) is 1. The molecule has 31 heavy (non-hydrogen) atoms. The highest BCUT2D eigenvalue weighted by Crippen LogP contribution is 2.37. The molecule has 0 radical (unpaired) electrons. The molecule has 2 aliphatic rings. The minimum absolute atomic E-state index is 0.136. The van der Waals surface area contributed by atoms with Gasteiger partial charge in [0.05, 0.1) is 23.8 Å². The van der Waals surface area contributed by atoms with Gasteiger partial charge in [-0.3, -0.25) is 4.98 Å². The lowest BCUT2D eigenvalue weighted by atomic mass is 9.88. The summed E-state index contributed by atoms with van der Waals surface area (Å²) in [4.78, 5) is 16.5. The predicted octanol–water partition coefficient (Wildman–Crippen LogP) is 3.07. The quantitative estimate of drug-likeness (QED) is 0.777. The average Bonchev–Trinajstić information content (AvgIpc) is 3.08. The van der Waals surface area contributed by atoms with Gasteiger partial charge in [-0.05, 0) is 52.2 Å². The molecular weight excluding hydrogens is 418 g/mol. The molecular formula is C22H29N3O5S. The van der Waals surface area contributed by atoms with Crippen molar-refractivity contribution in [2.75, 3.05) is 19.7 Å². The van der Waals surface area contributed by atoms with Crippen LogP contribution in [-0.2, 0) is 19.5 Å². The fourth-order valence-corrected chi connectivity index (χ4v) is 5.66. The number of nitrogens with one attached hydrogen (secondary N) is 1. The molecule has 1 aromatic heterocycles. The van der Waals surface area contributed by atoms with Crippen LogP contribution in [0.2, 0.25) is 0 Å². The van der Waals surface area contributed by atoms with Gasteiger partial charge in [0.25, 0.3) is 0 Å². The van der Waals surface area contributed by atoms with Crippen LogP contribution in [0.4, 0.5) is 4.79 Å². The first kappa shape index (κ1) is 22.0. The Morgan fingerprint density at radius 1 is 1.26 bits per heavy atom. The molecule has 8 nitrogen and oxygen atoms in total. The molecule has 4 rings (SSSR count). The second-order valence-electron chi connectivity index (χ2n) is 9.31. The number of amides is 1. The molecule has 2 aliphatic heterocycles. The standard InChI is InChI=1S/C22H29N3O5S/c1-21(2,3)30-20(26)24-17-13-22(29-15-17)8-10-25(11-9-22)31(27,28)18-12-16-6-4-5-7-19(16)23-14-18/h4-7,12,14,17H,8-11,13,15H2,1-3H3,(H,24,26)/t17-/m1/s1. The maximum atomic E-state index is 13.1. The van der Waals surface area contributed by atoms with Crippen LogP contribution in [0.15, 0.2) is 41.4 Å². The van der Waals surface area contributed by atoms with Crippen molar-refractivity contribution in [2.24, 2.45) is 0 Å². The third kappa shape index (κ3) is 4.83. The van der Waals surface area contributed by atoms with E-state index >= 15 is 0 Å². The molecule has 1 aromatic carbocycles. The largest absolute Gasteiger partial charge is 0.444 e. The SMILES string of the molecule is CC(C)(C)OC(=O)N[C@H]1COC2(CCN(S(=O)(=O)c3cnc4ccccc4c3)CC2)C1. The van der Waals surface area contributed by atoms with E-state index in [2.05, 4.69) is 10.3 Å². The number of aromatic nitrogens is 1. The number of piperidine rings is 1. The first-order chi connectivity index (χ1) is 14.6. The van der Waals surface area contributed by atoms with Gasteiger partial charge in [0, 0.05) is 24.7 Å².